The molecule has 4 heteroatoms. The van der Waals surface area contributed by atoms with E-state index in [1.54, 1.807) is 12.1 Å². The van der Waals surface area contributed by atoms with Crippen LogP contribution in [0.1, 0.15) is 36.4 Å². The molecule has 3 nitrogen and oxygen atoms in total. The molecule has 110 valence electrons. The van der Waals surface area contributed by atoms with E-state index in [0.29, 0.717) is 12.4 Å². The number of aromatic amines is 1. The minimum atomic E-state index is -0.304. The van der Waals surface area contributed by atoms with Gasteiger partial charge in [-0.1, -0.05) is 13.5 Å². The molecule has 2 aromatic rings. The number of benzene rings is 1. The fraction of sp³-hybridized carbons (Fsp3) is 0.438. The third-order valence-corrected chi connectivity index (χ3v) is 3.20. The molecular weight excluding hydrogens is 255 g/mol. The Morgan fingerprint density at radius 2 is 2.00 bits per heavy atom. The van der Waals surface area contributed by atoms with E-state index in [2.05, 4.69) is 10.2 Å². The van der Waals surface area contributed by atoms with Crippen LogP contribution in [-0.2, 0) is 6.42 Å². The van der Waals surface area contributed by atoms with Crippen LogP contribution >= 0.6 is 0 Å². The van der Waals surface area contributed by atoms with Gasteiger partial charge >= 0.3 is 0 Å². The Kier molecular flexibility index (Phi) is 5.74. The Balaban J connectivity index is 0.00000200. The summed E-state index contributed by atoms with van der Waals surface area (Å²) in [4.78, 5) is 0. The van der Waals surface area contributed by atoms with Crippen LogP contribution in [-0.4, -0.2) is 16.8 Å². The predicted molar refractivity (Wildman–Crippen MR) is 79.7 cm³/mol. The molecule has 0 saturated carbocycles. The molecule has 0 atom stereocenters. The highest BCUT2D eigenvalue weighted by Gasteiger charge is 2.07. The summed E-state index contributed by atoms with van der Waals surface area (Å²) in [5.41, 5.74) is 4.35. The molecule has 1 heterocycles. The van der Waals surface area contributed by atoms with Crippen LogP contribution in [0.2, 0.25) is 0 Å². The number of aromatic nitrogens is 2. The van der Waals surface area contributed by atoms with Gasteiger partial charge in [0.25, 0.3) is 0 Å². The van der Waals surface area contributed by atoms with E-state index in [9.17, 15) is 4.39 Å². The second-order valence-corrected chi connectivity index (χ2v) is 4.80. The lowest BCUT2D eigenvalue weighted by molar-refractivity contribution is 0.295. The van der Waals surface area contributed by atoms with E-state index in [1.165, 1.54) is 11.6 Å². The maximum absolute atomic E-state index is 13.5. The van der Waals surface area contributed by atoms with Gasteiger partial charge in [-0.3, -0.25) is 5.10 Å². The van der Waals surface area contributed by atoms with Gasteiger partial charge in [0.1, 0.15) is 0 Å². The molecule has 0 spiro atoms. The SMILES string of the molecule is C.Cc1ccc(F)c(OCCCc2c(C)n[nH]c2C)c1. The van der Waals surface area contributed by atoms with Crippen molar-refractivity contribution in [1.82, 2.24) is 10.2 Å². The first-order valence-corrected chi connectivity index (χ1v) is 6.47. The Morgan fingerprint density at radius 3 is 2.65 bits per heavy atom. The first-order chi connectivity index (χ1) is 9.08. The fourth-order valence-electron chi connectivity index (χ4n) is 2.09. The highest BCUT2D eigenvalue weighted by molar-refractivity contribution is 5.29. The third-order valence-electron chi connectivity index (χ3n) is 3.20. The van der Waals surface area contributed by atoms with Gasteiger partial charge in [-0.15, -0.1) is 0 Å². The molecule has 0 aliphatic heterocycles. The zero-order valence-corrected chi connectivity index (χ0v) is 11.6. The normalized spacial score (nSPS) is 10.2. The molecular formula is C16H23FN2O. The molecule has 0 unspecified atom stereocenters. The van der Waals surface area contributed by atoms with Gasteiger partial charge in [0.15, 0.2) is 11.6 Å². The summed E-state index contributed by atoms with van der Waals surface area (Å²) in [6, 6.07) is 4.90. The van der Waals surface area contributed by atoms with Crippen LogP contribution in [0.3, 0.4) is 0 Å². The van der Waals surface area contributed by atoms with Crippen molar-refractivity contribution in [3.63, 3.8) is 0 Å². The molecule has 0 fully saturated rings. The van der Waals surface area contributed by atoms with E-state index in [0.717, 1.165) is 29.8 Å². The number of rotatable bonds is 5. The molecule has 0 aliphatic rings. The summed E-state index contributed by atoms with van der Waals surface area (Å²) in [7, 11) is 0. The second kappa shape index (κ2) is 7.08. The van der Waals surface area contributed by atoms with Crippen molar-refractivity contribution in [3.8, 4) is 5.75 Å². The van der Waals surface area contributed by atoms with E-state index < -0.39 is 0 Å². The quantitative estimate of drug-likeness (QED) is 0.835. The number of nitrogens with zero attached hydrogens (tertiary/aromatic N) is 1. The minimum Gasteiger partial charge on any atom is -0.490 e. The summed E-state index contributed by atoms with van der Waals surface area (Å²) in [6.07, 6.45) is 1.73. The summed E-state index contributed by atoms with van der Waals surface area (Å²) < 4.78 is 18.9. The van der Waals surface area contributed by atoms with Crippen LogP contribution < -0.4 is 4.74 Å². The maximum atomic E-state index is 13.5. The van der Waals surface area contributed by atoms with Crippen LogP contribution in [0.4, 0.5) is 4.39 Å². The Bertz CT molecular complexity index is 544. The summed E-state index contributed by atoms with van der Waals surface area (Å²) in [5, 5.41) is 7.11. The lowest BCUT2D eigenvalue weighted by atomic mass is 10.1. The highest BCUT2D eigenvalue weighted by Crippen LogP contribution is 2.19. The molecule has 20 heavy (non-hydrogen) atoms. The first kappa shape index (κ1) is 16.2. The number of halogens is 1. The molecule has 0 bridgehead atoms. The molecule has 1 N–H and O–H groups in total. The number of nitrogens with one attached hydrogen (secondary N) is 1. The molecule has 0 radical (unpaired) electrons. The number of ether oxygens (including phenoxy) is 1. The summed E-state index contributed by atoms with van der Waals surface area (Å²) in [5.74, 6) is 0.0295. The second-order valence-electron chi connectivity index (χ2n) is 4.80. The van der Waals surface area contributed by atoms with Gasteiger partial charge in [0.05, 0.1) is 12.3 Å². The highest BCUT2D eigenvalue weighted by atomic mass is 19.1. The Labute approximate surface area is 120 Å². The van der Waals surface area contributed by atoms with Crippen molar-refractivity contribution in [2.75, 3.05) is 6.61 Å². The van der Waals surface area contributed by atoms with Crippen molar-refractivity contribution in [3.05, 3.63) is 46.5 Å². The van der Waals surface area contributed by atoms with Crippen molar-refractivity contribution in [2.45, 2.75) is 41.0 Å². The molecule has 0 saturated heterocycles. The molecule has 2 rings (SSSR count). The van der Waals surface area contributed by atoms with Gasteiger partial charge in [-0.2, -0.15) is 5.10 Å². The van der Waals surface area contributed by atoms with Gasteiger partial charge in [0, 0.05) is 5.69 Å². The summed E-state index contributed by atoms with van der Waals surface area (Å²) in [6.45, 7) is 6.42. The van der Waals surface area contributed by atoms with Crippen LogP contribution in [0, 0.1) is 26.6 Å². The van der Waals surface area contributed by atoms with Gasteiger partial charge < -0.3 is 4.74 Å². The van der Waals surface area contributed by atoms with Gasteiger partial charge in [-0.05, 0) is 56.9 Å². The first-order valence-electron chi connectivity index (χ1n) is 6.47. The van der Waals surface area contributed by atoms with E-state index in [-0.39, 0.29) is 13.2 Å². The molecule has 0 aliphatic carbocycles. The maximum Gasteiger partial charge on any atom is 0.165 e. The third kappa shape index (κ3) is 3.83. The lowest BCUT2D eigenvalue weighted by Gasteiger charge is -2.08. The standard InChI is InChI=1S/C15H19FN2O.CH4/c1-10-6-7-14(16)15(9-10)19-8-4-5-13-11(2)17-18-12(13)3;/h6-7,9H,4-5,8H2,1-3H3,(H,17,18);1H4. The van der Waals surface area contributed by atoms with Crippen molar-refractivity contribution in [1.29, 1.82) is 0 Å². The number of hydrogen-bond donors (Lipinski definition) is 1. The Morgan fingerprint density at radius 1 is 1.25 bits per heavy atom. The minimum absolute atomic E-state index is 0. The number of aryl methyl sites for hydroxylation is 3. The topological polar surface area (TPSA) is 37.9 Å². The van der Waals surface area contributed by atoms with Crippen molar-refractivity contribution < 1.29 is 9.13 Å². The van der Waals surface area contributed by atoms with Crippen LogP contribution in [0.15, 0.2) is 18.2 Å². The molecule has 1 aromatic heterocycles. The monoisotopic (exact) mass is 278 g/mol. The molecule has 1 aromatic carbocycles. The lowest BCUT2D eigenvalue weighted by Crippen LogP contribution is -2.02. The number of H-pyrrole nitrogens is 1. The van der Waals surface area contributed by atoms with Gasteiger partial charge in [0.2, 0.25) is 0 Å². The summed E-state index contributed by atoms with van der Waals surface area (Å²) >= 11 is 0. The van der Waals surface area contributed by atoms with Gasteiger partial charge in [-0.25, -0.2) is 4.39 Å². The van der Waals surface area contributed by atoms with E-state index in [4.69, 9.17) is 4.74 Å². The fourth-order valence-corrected chi connectivity index (χ4v) is 2.09. The van der Waals surface area contributed by atoms with E-state index in [1.807, 2.05) is 20.8 Å². The smallest absolute Gasteiger partial charge is 0.165 e. The van der Waals surface area contributed by atoms with E-state index >= 15 is 0 Å². The average molecular weight is 278 g/mol. The average Bonchev–Trinajstić information content (AvgIpc) is 2.69. The number of hydrogen-bond acceptors (Lipinski definition) is 2. The Hall–Kier alpha value is -1.84. The predicted octanol–water partition coefficient (Wildman–Crippen LogP) is 4.12. The zero-order valence-electron chi connectivity index (χ0n) is 11.6. The largest absolute Gasteiger partial charge is 0.490 e. The zero-order chi connectivity index (χ0) is 13.8. The van der Waals surface area contributed by atoms with Crippen LogP contribution in [0.25, 0.3) is 0 Å². The van der Waals surface area contributed by atoms with Crippen molar-refractivity contribution in [2.24, 2.45) is 0 Å². The van der Waals surface area contributed by atoms with Crippen molar-refractivity contribution >= 4 is 0 Å². The molecule has 0 amide bonds. The van der Waals surface area contributed by atoms with Crippen LogP contribution in [0.5, 0.6) is 5.75 Å².